The number of hydrogen-bond acceptors (Lipinski definition) is 6. The minimum atomic E-state index is -4.14. The van der Waals surface area contributed by atoms with Crippen LogP contribution in [0.3, 0.4) is 0 Å². The van der Waals surface area contributed by atoms with Crippen LogP contribution in [0.1, 0.15) is 34.6 Å². The number of phosphoric ester groups is 1. The Morgan fingerprint density at radius 3 is 1.74 bits per heavy atom. The van der Waals surface area contributed by atoms with Gasteiger partial charge >= 0.3 is 15.4 Å². The Bertz CT molecular complexity index is 337. The van der Waals surface area contributed by atoms with Gasteiger partial charge in [-0.1, -0.05) is 0 Å². The molecule has 0 radical (unpaired) electrons. The molecule has 0 heterocycles. The largest absolute Gasteiger partial charge is 0.472 e. The van der Waals surface area contributed by atoms with Gasteiger partial charge in [-0.3, -0.25) is 13.6 Å². The number of rotatable bonds is 10. The van der Waals surface area contributed by atoms with E-state index in [9.17, 15) is 14.0 Å². The summed E-state index contributed by atoms with van der Waals surface area (Å²) in [6.45, 7) is 8.56. The van der Waals surface area contributed by atoms with Crippen molar-refractivity contribution in [3.8, 4) is 0 Å². The molecule has 116 valence electrons. The molecule has 0 aliphatic heterocycles. The number of phosphoric acid groups is 1. The van der Waals surface area contributed by atoms with Crippen molar-refractivity contribution in [3.63, 3.8) is 0 Å². The Kier molecular flexibility index (Phi) is 8.64. The SMILES string of the molecule is CCOP(=O)(O)OC(C)C(C)P(=O)(OCC)OCC. The molecule has 0 aromatic carbocycles. The van der Waals surface area contributed by atoms with E-state index in [1.165, 1.54) is 6.92 Å². The minimum absolute atomic E-state index is 0.0451. The molecular weight excluding hydrogens is 294 g/mol. The molecule has 9 heteroatoms. The lowest BCUT2D eigenvalue weighted by Crippen LogP contribution is -2.25. The van der Waals surface area contributed by atoms with Crippen LogP contribution >= 0.6 is 15.4 Å². The molecule has 0 saturated carbocycles. The van der Waals surface area contributed by atoms with E-state index in [1.54, 1.807) is 27.7 Å². The van der Waals surface area contributed by atoms with E-state index in [2.05, 4.69) is 4.52 Å². The van der Waals surface area contributed by atoms with E-state index >= 15 is 0 Å². The fraction of sp³-hybridized carbons (Fsp3) is 1.00. The molecule has 3 unspecified atom stereocenters. The summed E-state index contributed by atoms with van der Waals surface area (Å²) in [5.41, 5.74) is -0.687. The fourth-order valence-electron chi connectivity index (χ4n) is 1.38. The molecule has 19 heavy (non-hydrogen) atoms. The minimum Gasteiger partial charge on any atom is -0.309 e. The summed E-state index contributed by atoms with van der Waals surface area (Å²) < 4.78 is 43.8. The molecule has 0 fully saturated rings. The summed E-state index contributed by atoms with van der Waals surface area (Å²) in [5, 5.41) is 0. The van der Waals surface area contributed by atoms with Crippen molar-refractivity contribution in [2.75, 3.05) is 19.8 Å². The molecule has 0 bridgehead atoms. The van der Waals surface area contributed by atoms with Gasteiger partial charge in [0.15, 0.2) is 0 Å². The third-order valence-electron chi connectivity index (χ3n) is 2.39. The fourth-order valence-corrected chi connectivity index (χ4v) is 4.31. The Balaban J connectivity index is 4.81. The molecule has 3 atom stereocenters. The van der Waals surface area contributed by atoms with E-state index in [1.807, 2.05) is 0 Å². The average Bonchev–Trinajstić information content (AvgIpc) is 2.27. The van der Waals surface area contributed by atoms with Crippen LogP contribution < -0.4 is 0 Å². The van der Waals surface area contributed by atoms with Crippen molar-refractivity contribution < 1.29 is 32.1 Å². The molecule has 0 aliphatic carbocycles. The zero-order valence-electron chi connectivity index (χ0n) is 12.1. The van der Waals surface area contributed by atoms with Crippen LogP contribution in [0.4, 0.5) is 0 Å². The van der Waals surface area contributed by atoms with E-state index < -0.39 is 27.2 Å². The van der Waals surface area contributed by atoms with Gasteiger partial charge in [-0.2, -0.15) is 0 Å². The smallest absolute Gasteiger partial charge is 0.309 e. The first kappa shape index (κ1) is 19.3. The monoisotopic (exact) mass is 318 g/mol. The summed E-state index contributed by atoms with van der Waals surface area (Å²) in [5.74, 6) is 0. The summed E-state index contributed by atoms with van der Waals surface area (Å²) in [6, 6.07) is 0. The van der Waals surface area contributed by atoms with Crippen molar-refractivity contribution in [1.29, 1.82) is 0 Å². The second kappa shape index (κ2) is 8.53. The lowest BCUT2D eigenvalue weighted by Gasteiger charge is -2.28. The van der Waals surface area contributed by atoms with Gasteiger partial charge in [-0.25, -0.2) is 4.57 Å². The third-order valence-corrected chi connectivity index (χ3v) is 6.23. The Hall–Kier alpha value is 0.260. The van der Waals surface area contributed by atoms with E-state index in [4.69, 9.17) is 13.6 Å². The molecule has 0 amide bonds. The molecule has 0 aromatic heterocycles. The molecule has 0 spiro atoms. The van der Waals surface area contributed by atoms with Gasteiger partial charge in [-0.05, 0) is 34.6 Å². The molecule has 0 aliphatic rings. The first-order chi connectivity index (χ1) is 8.72. The van der Waals surface area contributed by atoms with Crippen LogP contribution in [-0.4, -0.2) is 36.5 Å². The first-order valence-electron chi connectivity index (χ1n) is 6.26. The van der Waals surface area contributed by atoms with Gasteiger partial charge in [0, 0.05) is 0 Å². The van der Waals surface area contributed by atoms with Crippen molar-refractivity contribution >= 4 is 15.4 Å². The highest BCUT2D eigenvalue weighted by Gasteiger charge is 2.39. The second-order valence-electron chi connectivity index (χ2n) is 3.81. The van der Waals surface area contributed by atoms with Crippen LogP contribution in [0.2, 0.25) is 0 Å². The zero-order valence-corrected chi connectivity index (χ0v) is 13.9. The van der Waals surface area contributed by atoms with Gasteiger partial charge in [0.25, 0.3) is 0 Å². The molecule has 0 aromatic rings. The highest BCUT2D eigenvalue weighted by molar-refractivity contribution is 7.54. The molecule has 1 N–H and O–H groups in total. The van der Waals surface area contributed by atoms with Crippen LogP contribution in [0.15, 0.2) is 0 Å². The predicted octanol–water partition coefficient (Wildman–Crippen LogP) is 3.18. The summed E-state index contributed by atoms with van der Waals surface area (Å²) in [6.07, 6.45) is -0.814. The van der Waals surface area contributed by atoms with Crippen molar-refractivity contribution in [2.45, 2.75) is 46.4 Å². The van der Waals surface area contributed by atoms with E-state index in [-0.39, 0.29) is 19.8 Å². The topological polar surface area (TPSA) is 91.3 Å². The Morgan fingerprint density at radius 2 is 1.37 bits per heavy atom. The standard InChI is InChI=1S/C10H24O7P2/c1-6-14-18(11,15-7-2)10(5)9(4)17-19(12,13)16-8-3/h9-10H,6-8H2,1-5H3,(H,12,13). The Labute approximate surface area is 114 Å². The maximum absolute atomic E-state index is 12.5. The highest BCUT2D eigenvalue weighted by atomic mass is 31.2. The van der Waals surface area contributed by atoms with Crippen LogP contribution in [0.5, 0.6) is 0 Å². The molecular formula is C10H24O7P2. The van der Waals surface area contributed by atoms with Crippen molar-refractivity contribution in [2.24, 2.45) is 0 Å². The van der Waals surface area contributed by atoms with Crippen LogP contribution in [0, 0.1) is 0 Å². The maximum atomic E-state index is 12.5. The normalized spacial score (nSPS) is 18.8. The van der Waals surface area contributed by atoms with Gasteiger partial charge in [0.1, 0.15) is 0 Å². The van der Waals surface area contributed by atoms with Gasteiger partial charge < -0.3 is 13.9 Å². The molecule has 7 nitrogen and oxygen atoms in total. The molecule has 0 saturated heterocycles. The van der Waals surface area contributed by atoms with Gasteiger partial charge in [-0.15, -0.1) is 0 Å². The average molecular weight is 318 g/mol. The van der Waals surface area contributed by atoms with Crippen molar-refractivity contribution in [3.05, 3.63) is 0 Å². The Morgan fingerprint density at radius 1 is 0.947 bits per heavy atom. The lowest BCUT2D eigenvalue weighted by atomic mass is 10.3. The maximum Gasteiger partial charge on any atom is 0.472 e. The third kappa shape index (κ3) is 6.50. The quantitative estimate of drug-likeness (QED) is 0.618. The van der Waals surface area contributed by atoms with Gasteiger partial charge in [0.05, 0.1) is 31.6 Å². The van der Waals surface area contributed by atoms with E-state index in [0.717, 1.165) is 0 Å². The zero-order chi connectivity index (χ0) is 15.1. The predicted molar refractivity (Wildman–Crippen MR) is 72.3 cm³/mol. The van der Waals surface area contributed by atoms with Gasteiger partial charge in [0.2, 0.25) is 0 Å². The second-order valence-corrected chi connectivity index (χ2v) is 7.63. The first-order valence-corrected chi connectivity index (χ1v) is 9.37. The van der Waals surface area contributed by atoms with Crippen LogP contribution in [-0.2, 0) is 27.2 Å². The lowest BCUT2D eigenvalue weighted by molar-refractivity contribution is 0.107. The van der Waals surface area contributed by atoms with Crippen molar-refractivity contribution in [1.82, 2.24) is 0 Å². The summed E-state index contributed by atoms with van der Waals surface area (Å²) in [4.78, 5) is 9.40. The van der Waals surface area contributed by atoms with Crippen LogP contribution in [0.25, 0.3) is 0 Å². The molecule has 0 rings (SSSR count). The summed E-state index contributed by atoms with van der Waals surface area (Å²) in [7, 11) is -7.53. The van der Waals surface area contributed by atoms with E-state index in [0.29, 0.717) is 0 Å². The summed E-state index contributed by atoms with van der Waals surface area (Å²) >= 11 is 0. The highest BCUT2D eigenvalue weighted by Crippen LogP contribution is 2.56. The number of hydrogen-bond donors (Lipinski definition) is 1.